The second-order valence-corrected chi connectivity index (χ2v) is 6.34. The van der Waals surface area contributed by atoms with Crippen molar-refractivity contribution in [2.75, 3.05) is 26.2 Å². The maximum atomic E-state index is 3.70. The van der Waals surface area contributed by atoms with Gasteiger partial charge in [-0.25, -0.2) is 0 Å². The molecular formula is C14H28N2. The van der Waals surface area contributed by atoms with Crippen molar-refractivity contribution in [3.63, 3.8) is 0 Å². The zero-order valence-corrected chi connectivity index (χ0v) is 11.3. The third-order valence-corrected chi connectivity index (χ3v) is 4.54. The summed E-state index contributed by atoms with van der Waals surface area (Å²) < 4.78 is 0. The second-order valence-electron chi connectivity index (χ2n) is 6.34. The average molecular weight is 224 g/mol. The van der Waals surface area contributed by atoms with E-state index in [9.17, 15) is 0 Å². The van der Waals surface area contributed by atoms with Crippen LogP contribution in [0.1, 0.15) is 46.5 Å². The molecule has 0 aromatic carbocycles. The number of rotatable bonds is 4. The van der Waals surface area contributed by atoms with Crippen LogP contribution in [-0.4, -0.2) is 37.1 Å². The Morgan fingerprint density at radius 1 is 1.25 bits per heavy atom. The van der Waals surface area contributed by atoms with Crippen LogP contribution in [0.3, 0.4) is 0 Å². The first-order chi connectivity index (χ1) is 7.63. The Labute approximate surface area is 101 Å². The number of hydrogen-bond donors (Lipinski definition) is 1. The normalized spacial score (nSPS) is 26.2. The molecule has 1 saturated heterocycles. The third-order valence-electron chi connectivity index (χ3n) is 4.54. The van der Waals surface area contributed by atoms with Crippen molar-refractivity contribution >= 4 is 0 Å². The fourth-order valence-corrected chi connectivity index (χ4v) is 3.28. The molecule has 0 aromatic heterocycles. The summed E-state index contributed by atoms with van der Waals surface area (Å²) >= 11 is 0. The van der Waals surface area contributed by atoms with Crippen molar-refractivity contribution in [2.45, 2.75) is 52.5 Å². The molecule has 1 aliphatic heterocycles. The number of piperidine rings is 1. The Bertz CT molecular complexity index is 209. The van der Waals surface area contributed by atoms with E-state index >= 15 is 0 Å². The largest absolute Gasteiger partial charge is 0.314 e. The Balaban J connectivity index is 1.67. The molecule has 16 heavy (non-hydrogen) atoms. The van der Waals surface area contributed by atoms with Gasteiger partial charge in [0.05, 0.1) is 0 Å². The summed E-state index contributed by atoms with van der Waals surface area (Å²) in [4.78, 5) is 2.60. The first-order valence-electron chi connectivity index (χ1n) is 7.09. The maximum absolute atomic E-state index is 3.70. The fraction of sp³-hybridized carbons (Fsp3) is 1.00. The van der Waals surface area contributed by atoms with E-state index in [0.717, 1.165) is 17.4 Å². The van der Waals surface area contributed by atoms with E-state index in [-0.39, 0.29) is 0 Å². The van der Waals surface area contributed by atoms with Gasteiger partial charge in [0.1, 0.15) is 0 Å². The van der Waals surface area contributed by atoms with E-state index in [2.05, 4.69) is 31.0 Å². The van der Waals surface area contributed by atoms with Crippen LogP contribution in [0.25, 0.3) is 0 Å². The van der Waals surface area contributed by atoms with Gasteiger partial charge in [-0.2, -0.15) is 0 Å². The van der Waals surface area contributed by atoms with Gasteiger partial charge in [0.25, 0.3) is 0 Å². The molecule has 0 amide bonds. The lowest BCUT2D eigenvalue weighted by Crippen LogP contribution is -2.54. The monoisotopic (exact) mass is 224 g/mol. The quantitative estimate of drug-likeness (QED) is 0.789. The van der Waals surface area contributed by atoms with E-state index in [0.29, 0.717) is 0 Å². The zero-order valence-electron chi connectivity index (χ0n) is 11.3. The first-order valence-corrected chi connectivity index (χ1v) is 7.09. The molecule has 1 aliphatic carbocycles. The number of hydrogen-bond acceptors (Lipinski definition) is 2. The molecule has 0 aromatic rings. The molecule has 0 unspecified atom stereocenters. The number of nitrogens with one attached hydrogen (secondary N) is 1. The standard InChI is InChI=1S/C14H28N2/c1-4-16-7-5-14(6-8-16)9-13(10-14)15-11-12(2)3/h12-13,15H,4-11H2,1-3H3. The Morgan fingerprint density at radius 3 is 2.38 bits per heavy atom. The molecule has 1 spiro atoms. The summed E-state index contributed by atoms with van der Waals surface area (Å²) in [5.74, 6) is 0.790. The highest BCUT2D eigenvalue weighted by Gasteiger charge is 2.45. The molecule has 0 atom stereocenters. The van der Waals surface area contributed by atoms with Crippen molar-refractivity contribution in [1.82, 2.24) is 10.2 Å². The SMILES string of the molecule is CCN1CCC2(CC1)CC(NCC(C)C)C2. The molecule has 1 N–H and O–H groups in total. The van der Waals surface area contributed by atoms with Crippen LogP contribution in [0.2, 0.25) is 0 Å². The molecule has 2 nitrogen and oxygen atoms in total. The predicted octanol–water partition coefficient (Wildman–Crippen LogP) is 2.50. The third kappa shape index (κ3) is 2.78. The number of nitrogens with zero attached hydrogens (tertiary/aromatic N) is 1. The molecule has 0 radical (unpaired) electrons. The van der Waals surface area contributed by atoms with Gasteiger partial charge >= 0.3 is 0 Å². The molecular weight excluding hydrogens is 196 g/mol. The summed E-state index contributed by atoms with van der Waals surface area (Å²) in [6, 6.07) is 0.829. The van der Waals surface area contributed by atoms with E-state index in [4.69, 9.17) is 0 Å². The molecule has 2 fully saturated rings. The highest BCUT2D eigenvalue weighted by Crippen LogP contribution is 2.48. The lowest BCUT2D eigenvalue weighted by molar-refractivity contribution is 0.00697. The lowest BCUT2D eigenvalue weighted by Gasteiger charge is -2.52. The topological polar surface area (TPSA) is 15.3 Å². The summed E-state index contributed by atoms with van der Waals surface area (Å²) in [6.45, 7) is 12.0. The molecule has 2 aliphatic rings. The molecule has 2 rings (SSSR count). The number of likely N-dealkylation sites (tertiary alicyclic amines) is 1. The minimum absolute atomic E-state index is 0.736. The van der Waals surface area contributed by atoms with Crippen LogP contribution in [0.5, 0.6) is 0 Å². The lowest BCUT2D eigenvalue weighted by atomic mass is 9.60. The molecule has 94 valence electrons. The molecule has 2 heteroatoms. The van der Waals surface area contributed by atoms with Crippen molar-refractivity contribution in [1.29, 1.82) is 0 Å². The summed E-state index contributed by atoms with van der Waals surface area (Å²) in [5, 5.41) is 3.70. The van der Waals surface area contributed by atoms with E-state index in [1.54, 1.807) is 0 Å². The Kier molecular flexibility index (Phi) is 3.91. The molecule has 0 bridgehead atoms. The van der Waals surface area contributed by atoms with Gasteiger partial charge in [-0.15, -0.1) is 0 Å². The molecule has 1 heterocycles. The minimum Gasteiger partial charge on any atom is -0.314 e. The van der Waals surface area contributed by atoms with Crippen molar-refractivity contribution in [3.05, 3.63) is 0 Å². The second kappa shape index (κ2) is 5.05. The van der Waals surface area contributed by atoms with Crippen molar-refractivity contribution in [2.24, 2.45) is 11.3 Å². The van der Waals surface area contributed by atoms with Gasteiger partial charge in [0.2, 0.25) is 0 Å². The smallest absolute Gasteiger partial charge is 0.00778 e. The highest BCUT2D eigenvalue weighted by molar-refractivity contribution is 5.00. The van der Waals surface area contributed by atoms with Gasteiger partial charge < -0.3 is 10.2 Å². The zero-order chi connectivity index (χ0) is 11.6. The van der Waals surface area contributed by atoms with E-state index < -0.39 is 0 Å². The van der Waals surface area contributed by atoms with Gasteiger partial charge in [0.15, 0.2) is 0 Å². The van der Waals surface area contributed by atoms with Crippen LogP contribution in [0.4, 0.5) is 0 Å². The van der Waals surface area contributed by atoms with Crippen LogP contribution >= 0.6 is 0 Å². The summed E-state index contributed by atoms with van der Waals surface area (Å²) in [6.07, 6.45) is 5.77. The maximum Gasteiger partial charge on any atom is 0.00778 e. The van der Waals surface area contributed by atoms with Crippen LogP contribution in [0.15, 0.2) is 0 Å². The fourth-order valence-electron chi connectivity index (χ4n) is 3.28. The van der Waals surface area contributed by atoms with Crippen LogP contribution < -0.4 is 5.32 Å². The average Bonchev–Trinajstić information content (AvgIpc) is 2.24. The van der Waals surface area contributed by atoms with Gasteiger partial charge in [0, 0.05) is 6.04 Å². The molecule has 1 saturated carbocycles. The summed E-state index contributed by atoms with van der Waals surface area (Å²) in [5.41, 5.74) is 0.736. The minimum atomic E-state index is 0.736. The van der Waals surface area contributed by atoms with E-state index in [1.807, 2.05) is 0 Å². The highest BCUT2D eigenvalue weighted by atomic mass is 15.1. The Hall–Kier alpha value is -0.0800. The van der Waals surface area contributed by atoms with Gasteiger partial charge in [-0.1, -0.05) is 20.8 Å². The first kappa shape index (κ1) is 12.4. The van der Waals surface area contributed by atoms with Crippen molar-refractivity contribution in [3.8, 4) is 0 Å². The predicted molar refractivity (Wildman–Crippen MR) is 69.6 cm³/mol. The van der Waals surface area contributed by atoms with Gasteiger partial charge in [-0.3, -0.25) is 0 Å². The summed E-state index contributed by atoms with van der Waals surface area (Å²) in [7, 11) is 0. The van der Waals surface area contributed by atoms with Crippen LogP contribution in [-0.2, 0) is 0 Å². The Morgan fingerprint density at radius 2 is 1.88 bits per heavy atom. The van der Waals surface area contributed by atoms with Crippen LogP contribution in [0, 0.1) is 11.3 Å². The van der Waals surface area contributed by atoms with Crippen molar-refractivity contribution < 1.29 is 0 Å². The van der Waals surface area contributed by atoms with E-state index in [1.165, 1.54) is 51.9 Å². The van der Waals surface area contributed by atoms with Gasteiger partial charge in [-0.05, 0) is 63.2 Å².